The van der Waals surface area contributed by atoms with Crippen LogP contribution in [0.15, 0.2) is 11.4 Å². The van der Waals surface area contributed by atoms with Crippen molar-refractivity contribution >= 4 is 22.4 Å². The normalized spacial score (nSPS) is 31.4. The molecule has 4 bridgehead atoms. The van der Waals surface area contributed by atoms with Crippen LogP contribution in [-0.2, 0) is 16.8 Å². The average Bonchev–Trinajstić information content (AvgIpc) is 3.18. The van der Waals surface area contributed by atoms with Gasteiger partial charge in [-0.2, -0.15) is 5.10 Å². The SMILES string of the molecule is Cc1cc(C)n(CCC(=O)Nc2nc(C34CC5CC(CC(C5)C3)C4)cs2)n1. The van der Waals surface area contributed by atoms with Crippen LogP contribution in [0.2, 0.25) is 0 Å². The lowest BCUT2D eigenvalue weighted by Gasteiger charge is -2.56. The molecule has 1 amide bonds. The first-order chi connectivity index (χ1) is 13.0. The molecule has 2 heterocycles. The number of carbonyl (C=O) groups is 1. The predicted octanol–water partition coefficient (Wildman–Crippen LogP) is 4.45. The molecule has 0 aromatic carbocycles. The number of aryl methyl sites for hydroxylation is 3. The number of anilines is 1. The van der Waals surface area contributed by atoms with Crippen LogP contribution >= 0.6 is 11.3 Å². The minimum Gasteiger partial charge on any atom is -0.302 e. The highest BCUT2D eigenvalue weighted by Gasteiger charge is 2.52. The molecule has 144 valence electrons. The van der Waals surface area contributed by atoms with E-state index in [2.05, 4.69) is 15.8 Å². The number of thiazole rings is 1. The highest BCUT2D eigenvalue weighted by Crippen LogP contribution is 2.60. The second-order valence-electron chi connectivity index (χ2n) is 9.18. The Morgan fingerprint density at radius 2 is 1.89 bits per heavy atom. The predicted molar refractivity (Wildman–Crippen MR) is 107 cm³/mol. The lowest BCUT2D eigenvalue weighted by molar-refractivity contribution is -0.116. The van der Waals surface area contributed by atoms with Crippen LogP contribution in [-0.4, -0.2) is 20.7 Å². The summed E-state index contributed by atoms with van der Waals surface area (Å²) in [5, 5.41) is 10.4. The van der Waals surface area contributed by atoms with E-state index in [1.165, 1.54) is 44.2 Å². The van der Waals surface area contributed by atoms with E-state index in [0.717, 1.165) is 34.3 Å². The Balaban J connectivity index is 1.23. The van der Waals surface area contributed by atoms with Gasteiger partial charge in [-0.15, -0.1) is 11.3 Å². The van der Waals surface area contributed by atoms with E-state index < -0.39 is 0 Å². The Hall–Kier alpha value is -1.69. The Morgan fingerprint density at radius 3 is 2.48 bits per heavy atom. The third-order valence-corrected chi connectivity index (χ3v) is 7.74. The molecule has 4 aliphatic carbocycles. The molecule has 0 atom stereocenters. The van der Waals surface area contributed by atoms with Gasteiger partial charge in [0, 0.05) is 29.5 Å². The molecule has 0 unspecified atom stereocenters. The zero-order valence-electron chi connectivity index (χ0n) is 16.2. The van der Waals surface area contributed by atoms with E-state index in [0.29, 0.717) is 18.4 Å². The van der Waals surface area contributed by atoms with Crippen molar-refractivity contribution < 1.29 is 4.79 Å². The van der Waals surface area contributed by atoms with E-state index in [1.807, 2.05) is 24.6 Å². The topological polar surface area (TPSA) is 59.8 Å². The van der Waals surface area contributed by atoms with Crippen molar-refractivity contribution in [3.63, 3.8) is 0 Å². The lowest BCUT2D eigenvalue weighted by atomic mass is 9.49. The fourth-order valence-electron chi connectivity index (χ4n) is 6.29. The summed E-state index contributed by atoms with van der Waals surface area (Å²) in [7, 11) is 0. The number of carbonyl (C=O) groups excluding carboxylic acids is 1. The third kappa shape index (κ3) is 3.22. The van der Waals surface area contributed by atoms with Crippen LogP contribution in [0.3, 0.4) is 0 Å². The minimum atomic E-state index is 0.0222. The van der Waals surface area contributed by atoms with Crippen LogP contribution in [0.25, 0.3) is 0 Å². The largest absolute Gasteiger partial charge is 0.302 e. The van der Waals surface area contributed by atoms with Gasteiger partial charge in [-0.1, -0.05) is 0 Å². The first kappa shape index (κ1) is 17.4. The standard InChI is InChI=1S/C21H28N4OS/c1-13-5-14(2)25(24-13)4-3-19(26)23-20-22-18(12-27-20)21-9-15-6-16(10-21)8-17(7-15)11-21/h5,12,15-17H,3-4,6-11H2,1-2H3,(H,22,23,26). The van der Waals surface area contributed by atoms with E-state index in [-0.39, 0.29) is 5.91 Å². The van der Waals surface area contributed by atoms with Crippen molar-refractivity contribution in [2.24, 2.45) is 17.8 Å². The molecule has 4 fully saturated rings. The number of nitrogens with one attached hydrogen (secondary N) is 1. The van der Waals surface area contributed by atoms with Crippen LogP contribution < -0.4 is 5.32 Å². The number of rotatable bonds is 5. The molecule has 2 aromatic heterocycles. The van der Waals surface area contributed by atoms with E-state index >= 15 is 0 Å². The Kier molecular flexibility index (Phi) is 4.15. The van der Waals surface area contributed by atoms with Crippen molar-refractivity contribution in [1.82, 2.24) is 14.8 Å². The first-order valence-corrected chi connectivity index (χ1v) is 11.1. The maximum atomic E-state index is 12.4. The molecule has 6 heteroatoms. The van der Waals surface area contributed by atoms with Gasteiger partial charge < -0.3 is 5.32 Å². The van der Waals surface area contributed by atoms with Crippen molar-refractivity contribution in [3.8, 4) is 0 Å². The van der Waals surface area contributed by atoms with Gasteiger partial charge in [-0.3, -0.25) is 9.48 Å². The van der Waals surface area contributed by atoms with Crippen molar-refractivity contribution in [1.29, 1.82) is 0 Å². The summed E-state index contributed by atoms with van der Waals surface area (Å²) in [4.78, 5) is 17.3. The Bertz CT molecular complexity index is 832. The van der Waals surface area contributed by atoms with Crippen molar-refractivity contribution in [2.75, 3.05) is 5.32 Å². The van der Waals surface area contributed by atoms with E-state index in [4.69, 9.17) is 4.98 Å². The van der Waals surface area contributed by atoms with Crippen LogP contribution in [0.5, 0.6) is 0 Å². The third-order valence-electron chi connectivity index (χ3n) is 6.99. The molecule has 27 heavy (non-hydrogen) atoms. The zero-order valence-corrected chi connectivity index (χ0v) is 17.0. The lowest BCUT2D eigenvalue weighted by Crippen LogP contribution is -2.48. The molecule has 4 aliphatic rings. The van der Waals surface area contributed by atoms with Gasteiger partial charge in [-0.25, -0.2) is 4.98 Å². The summed E-state index contributed by atoms with van der Waals surface area (Å²) in [6, 6.07) is 2.04. The molecule has 0 aliphatic heterocycles. The van der Waals surface area contributed by atoms with Gasteiger partial charge in [0.15, 0.2) is 5.13 Å². The quantitative estimate of drug-likeness (QED) is 0.828. The highest BCUT2D eigenvalue weighted by molar-refractivity contribution is 7.13. The van der Waals surface area contributed by atoms with Crippen LogP contribution in [0.4, 0.5) is 5.13 Å². The number of hydrogen-bond donors (Lipinski definition) is 1. The molecule has 4 saturated carbocycles. The second kappa shape index (κ2) is 6.43. The number of aromatic nitrogens is 3. The summed E-state index contributed by atoms with van der Waals surface area (Å²) < 4.78 is 1.90. The Morgan fingerprint density at radius 1 is 1.22 bits per heavy atom. The van der Waals surface area contributed by atoms with Crippen LogP contribution in [0, 0.1) is 31.6 Å². The molecule has 0 spiro atoms. The van der Waals surface area contributed by atoms with Crippen LogP contribution in [0.1, 0.15) is 62.0 Å². The fourth-order valence-corrected chi connectivity index (χ4v) is 7.14. The summed E-state index contributed by atoms with van der Waals surface area (Å²) >= 11 is 1.59. The maximum Gasteiger partial charge on any atom is 0.228 e. The minimum absolute atomic E-state index is 0.0222. The molecular formula is C21H28N4OS. The summed E-state index contributed by atoms with van der Waals surface area (Å²) in [6.07, 6.45) is 8.70. The first-order valence-electron chi connectivity index (χ1n) is 10.3. The highest BCUT2D eigenvalue weighted by atomic mass is 32.1. The molecule has 2 aromatic rings. The number of nitrogens with zero attached hydrogens (tertiary/aromatic N) is 3. The summed E-state index contributed by atoms with van der Waals surface area (Å²) in [6.45, 7) is 4.61. The van der Waals surface area contributed by atoms with E-state index in [9.17, 15) is 4.79 Å². The molecule has 0 saturated heterocycles. The van der Waals surface area contributed by atoms with Gasteiger partial charge >= 0.3 is 0 Å². The molecule has 0 radical (unpaired) electrons. The molecular weight excluding hydrogens is 356 g/mol. The molecule has 6 rings (SSSR count). The monoisotopic (exact) mass is 384 g/mol. The Labute approximate surface area is 164 Å². The van der Waals surface area contributed by atoms with Gasteiger partial charge in [0.1, 0.15) is 0 Å². The van der Waals surface area contributed by atoms with Gasteiger partial charge in [0.2, 0.25) is 5.91 Å². The summed E-state index contributed by atoms with van der Waals surface area (Å²) in [5.41, 5.74) is 3.64. The zero-order chi connectivity index (χ0) is 18.6. The second-order valence-corrected chi connectivity index (χ2v) is 10.0. The van der Waals surface area contributed by atoms with Gasteiger partial charge in [0.25, 0.3) is 0 Å². The van der Waals surface area contributed by atoms with Crippen molar-refractivity contribution in [2.45, 2.75) is 70.8 Å². The summed E-state index contributed by atoms with van der Waals surface area (Å²) in [5.74, 6) is 2.76. The van der Waals surface area contributed by atoms with E-state index in [1.54, 1.807) is 11.3 Å². The average molecular weight is 385 g/mol. The molecule has 5 nitrogen and oxygen atoms in total. The van der Waals surface area contributed by atoms with Gasteiger partial charge in [0.05, 0.1) is 11.4 Å². The number of amides is 1. The molecule has 1 N–H and O–H groups in total. The van der Waals surface area contributed by atoms with Crippen molar-refractivity contribution in [3.05, 3.63) is 28.5 Å². The maximum absolute atomic E-state index is 12.4. The fraction of sp³-hybridized carbons (Fsp3) is 0.667. The smallest absolute Gasteiger partial charge is 0.228 e. The number of hydrogen-bond acceptors (Lipinski definition) is 4. The van der Waals surface area contributed by atoms with Gasteiger partial charge in [-0.05, 0) is 76.2 Å².